The van der Waals surface area contributed by atoms with Crippen molar-refractivity contribution in [3.8, 4) is 0 Å². The second kappa shape index (κ2) is 5.24. The fourth-order valence-electron chi connectivity index (χ4n) is 2.19. The van der Waals surface area contributed by atoms with Crippen LogP contribution < -0.4 is 5.32 Å². The molecule has 0 saturated carbocycles. The Balaban J connectivity index is 1.82. The minimum Gasteiger partial charge on any atom is -0.374 e. The first kappa shape index (κ1) is 13.1. The largest absolute Gasteiger partial charge is 0.374 e. The second-order valence-corrected chi connectivity index (χ2v) is 4.83. The molecule has 0 radical (unpaired) electrons. The van der Waals surface area contributed by atoms with Crippen LogP contribution in [0.3, 0.4) is 0 Å². The molecule has 0 bridgehead atoms. The van der Waals surface area contributed by atoms with E-state index in [0.29, 0.717) is 12.2 Å². The average molecular weight is 282 g/mol. The molecule has 0 aliphatic heterocycles. The van der Waals surface area contributed by atoms with E-state index in [1.54, 1.807) is 18.2 Å². The van der Waals surface area contributed by atoms with Gasteiger partial charge in [0.15, 0.2) is 0 Å². The Morgan fingerprint density at radius 2 is 2.14 bits per heavy atom. The van der Waals surface area contributed by atoms with Gasteiger partial charge in [0.05, 0.1) is 17.2 Å². The number of pyridine rings is 1. The van der Waals surface area contributed by atoms with Gasteiger partial charge >= 0.3 is 0 Å². The van der Waals surface area contributed by atoms with Crippen molar-refractivity contribution in [2.75, 3.05) is 5.32 Å². The summed E-state index contributed by atoms with van der Waals surface area (Å²) in [4.78, 5) is 15.1. The van der Waals surface area contributed by atoms with Crippen LogP contribution in [0, 0.1) is 17.0 Å². The molecule has 3 aromatic rings. The zero-order chi connectivity index (χ0) is 14.8. The molecule has 0 aliphatic rings. The smallest absolute Gasteiger partial charge is 0.292 e. The number of nitrogens with zero attached hydrogens (tertiary/aromatic N) is 3. The number of nitro groups is 1. The van der Waals surface area contributed by atoms with E-state index in [9.17, 15) is 10.1 Å². The Bertz CT molecular complexity index is 810. The molecule has 0 saturated heterocycles. The van der Waals surface area contributed by atoms with Gasteiger partial charge in [0.1, 0.15) is 11.3 Å². The Morgan fingerprint density at radius 3 is 2.95 bits per heavy atom. The van der Waals surface area contributed by atoms with Crippen molar-refractivity contribution in [3.63, 3.8) is 0 Å². The number of hydrogen-bond acceptors (Lipinski definition) is 4. The molecular weight excluding hydrogens is 268 g/mol. The van der Waals surface area contributed by atoms with E-state index in [-0.39, 0.29) is 5.69 Å². The molecular formula is C15H14N4O2. The lowest BCUT2D eigenvalue weighted by atomic mass is 10.2. The highest BCUT2D eigenvalue weighted by molar-refractivity contribution is 5.61. The van der Waals surface area contributed by atoms with Crippen molar-refractivity contribution in [2.45, 2.75) is 13.5 Å². The molecule has 106 valence electrons. The van der Waals surface area contributed by atoms with Crippen LogP contribution in [0.15, 0.2) is 48.8 Å². The quantitative estimate of drug-likeness (QED) is 0.589. The lowest BCUT2D eigenvalue weighted by Crippen LogP contribution is -2.02. The van der Waals surface area contributed by atoms with E-state index >= 15 is 0 Å². The number of imidazole rings is 1. The molecule has 0 aliphatic carbocycles. The maximum absolute atomic E-state index is 11.0. The zero-order valence-corrected chi connectivity index (χ0v) is 11.5. The molecule has 0 atom stereocenters. The van der Waals surface area contributed by atoms with E-state index in [0.717, 1.165) is 16.9 Å². The maximum Gasteiger partial charge on any atom is 0.292 e. The maximum atomic E-state index is 11.0. The van der Waals surface area contributed by atoms with E-state index in [2.05, 4.69) is 10.3 Å². The molecule has 6 heteroatoms. The summed E-state index contributed by atoms with van der Waals surface area (Å²) in [6.07, 6.45) is 3.86. The van der Waals surface area contributed by atoms with Crippen LogP contribution >= 0.6 is 0 Å². The van der Waals surface area contributed by atoms with Crippen LogP contribution in [0.1, 0.15) is 11.3 Å². The third-order valence-corrected chi connectivity index (χ3v) is 3.23. The summed E-state index contributed by atoms with van der Waals surface area (Å²) in [7, 11) is 0. The highest BCUT2D eigenvalue weighted by atomic mass is 16.6. The number of hydrogen-bond donors (Lipinski definition) is 1. The van der Waals surface area contributed by atoms with Gasteiger partial charge in [-0.1, -0.05) is 12.1 Å². The van der Waals surface area contributed by atoms with Gasteiger partial charge in [-0.05, 0) is 30.7 Å². The lowest BCUT2D eigenvalue weighted by Gasteiger charge is -2.04. The summed E-state index contributed by atoms with van der Waals surface area (Å²) < 4.78 is 1.93. The molecule has 1 N–H and O–H groups in total. The Hall–Kier alpha value is -2.89. The zero-order valence-electron chi connectivity index (χ0n) is 11.5. The first-order valence-corrected chi connectivity index (χ1v) is 6.55. The van der Waals surface area contributed by atoms with Crippen LogP contribution in [0.2, 0.25) is 0 Å². The number of fused-ring (bicyclic) bond motifs is 1. The fourth-order valence-corrected chi connectivity index (χ4v) is 2.19. The number of aromatic nitrogens is 2. The summed E-state index contributed by atoms with van der Waals surface area (Å²) in [5.41, 5.74) is 3.41. The second-order valence-electron chi connectivity index (χ2n) is 4.83. The van der Waals surface area contributed by atoms with E-state index < -0.39 is 4.92 Å². The molecule has 0 unspecified atom stereocenters. The monoisotopic (exact) mass is 282 g/mol. The molecule has 2 aromatic heterocycles. The SMILES string of the molecule is Cc1ccn2cc(CNc3ccccc3[N+](=O)[O-])nc2c1. The standard InChI is InChI=1S/C15H14N4O2/c1-11-6-7-18-10-12(17-15(18)8-11)9-16-13-4-2-3-5-14(13)19(20)21/h2-8,10,16H,9H2,1H3. The summed E-state index contributed by atoms with van der Waals surface area (Å²) >= 11 is 0. The number of rotatable bonds is 4. The predicted octanol–water partition coefficient (Wildman–Crippen LogP) is 3.16. The van der Waals surface area contributed by atoms with E-state index in [1.807, 2.05) is 35.9 Å². The third-order valence-electron chi connectivity index (χ3n) is 3.23. The summed E-state index contributed by atoms with van der Waals surface area (Å²) in [5, 5.41) is 14.0. The van der Waals surface area contributed by atoms with Crippen LogP contribution in [0.25, 0.3) is 5.65 Å². The predicted molar refractivity (Wildman–Crippen MR) is 80.4 cm³/mol. The molecule has 2 heterocycles. The van der Waals surface area contributed by atoms with Crippen molar-refractivity contribution in [3.05, 3.63) is 70.2 Å². The highest BCUT2D eigenvalue weighted by Crippen LogP contribution is 2.23. The first-order valence-electron chi connectivity index (χ1n) is 6.55. The minimum absolute atomic E-state index is 0.0668. The fraction of sp³-hybridized carbons (Fsp3) is 0.133. The van der Waals surface area contributed by atoms with E-state index in [1.165, 1.54) is 6.07 Å². The molecule has 0 fully saturated rings. The van der Waals surface area contributed by atoms with Crippen molar-refractivity contribution in [1.29, 1.82) is 0 Å². The van der Waals surface area contributed by atoms with Gasteiger partial charge in [0.2, 0.25) is 0 Å². The van der Waals surface area contributed by atoms with Gasteiger partial charge in [0, 0.05) is 18.5 Å². The van der Waals surface area contributed by atoms with Gasteiger partial charge in [-0.15, -0.1) is 0 Å². The number of nitrogens with one attached hydrogen (secondary N) is 1. The number of nitro benzene ring substituents is 1. The van der Waals surface area contributed by atoms with Gasteiger partial charge in [-0.3, -0.25) is 10.1 Å². The van der Waals surface area contributed by atoms with Crippen LogP contribution in [-0.4, -0.2) is 14.3 Å². The van der Waals surface area contributed by atoms with Crippen molar-refractivity contribution < 1.29 is 4.92 Å². The van der Waals surface area contributed by atoms with Gasteiger partial charge < -0.3 is 9.72 Å². The first-order chi connectivity index (χ1) is 10.1. The average Bonchev–Trinajstić information content (AvgIpc) is 2.87. The molecule has 1 aromatic carbocycles. The Labute approximate surface area is 121 Å². The summed E-state index contributed by atoms with van der Waals surface area (Å²) in [5.74, 6) is 0. The molecule has 6 nitrogen and oxygen atoms in total. The van der Waals surface area contributed by atoms with Crippen LogP contribution in [0.5, 0.6) is 0 Å². The number of anilines is 1. The molecule has 0 amide bonds. The highest BCUT2D eigenvalue weighted by Gasteiger charge is 2.12. The summed E-state index contributed by atoms with van der Waals surface area (Å²) in [6, 6.07) is 10.6. The number of para-hydroxylation sites is 2. The minimum atomic E-state index is -0.393. The van der Waals surface area contributed by atoms with Crippen molar-refractivity contribution in [1.82, 2.24) is 9.38 Å². The van der Waals surface area contributed by atoms with Gasteiger partial charge in [-0.2, -0.15) is 0 Å². The normalized spacial score (nSPS) is 10.7. The molecule has 0 spiro atoms. The third kappa shape index (κ3) is 2.69. The number of aryl methyl sites for hydroxylation is 1. The van der Waals surface area contributed by atoms with Gasteiger partial charge in [0.25, 0.3) is 5.69 Å². The van der Waals surface area contributed by atoms with Crippen molar-refractivity contribution >= 4 is 17.0 Å². The Morgan fingerprint density at radius 1 is 1.33 bits per heavy atom. The van der Waals surface area contributed by atoms with Crippen LogP contribution in [-0.2, 0) is 6.54 Å². The van der Waals surface area contributed by atoms with E-state index in [4.69, 9.17) is 0 Å². The van der Waals surface area contributed by atoms with Gasteiger partial charge in [-0.25, -0.2) is 4.98 Å². The molecule has 3 rings (SSSR count). The Kier molecular flexibility index (Phi) is 3.27. The topological polar surface area (TPSA) is 72.5 Å². The summed E-state index contributed by atoms with van der Waals surface area (Å²) in [6.45, 7) is 2.45. The van der Waals surface area contributed by atoms with Crippen molar-refractivity contribution in [2.24, 2.45) is 0 Å². The van der Waals surface area contributed by atoms with Crippen LogP contribution in [0.4, 0.5) is 11.4 Å². The lowest BCUT2D eigenvalue weighted by molar-refractivity contribution is -0.384. The number of benzene rings is 1. The molecule has 21 heavy (non-hydrogen) atoms.